The molecule has 0 saturated heterocycles. The zero-order chi connectivity index (χ0) is 16.0. The maximum Gasteiger partial charge on any atom is 0.110 e. The minimum Gasteiger partial charge on any atom is -0.386 e. The molecule has 0 radical (unpaired) electrons. The molecule has 4 heteroatoms. The minimum atomic E-state index is -0.0488. The van der Waals surface area contributed by atoms with E-state index in [0.717, 1.165) is 34.8 Å². The van der Waals surface area contributed by atoms with Gasteiger partial charge in [-0.2, -0.15) is 5.26 Å². The largest absolute Gasteiger partial charge is 0.386 e. The Hall–Kier alpha value is -2.12. The lowest BCUT2D eigenvalue weighted by Crippen LogP contribution is -2.40. The Balaban J connectivity index is 1.83. The van der Waals surface area contributed by atoms with Gasteiger partial charge in [0.25, 0.3) is 0 Å². The van der Waals surface area contributed by atoms with Gasteiger partial charge in [0.1, 0.15) is 16.8 Å². The van der Waals surface area contributed by atoms with Gasteiger partial charge in [0.2, 0.25) is 0 Å². The van der Waals surface area contributed by atoms with Crippen LogP contribution in [0.2, 0.25) is 0 Å². The number of aryl methyl sites for hydroxylation is 1. The highest BCUT2D eigenvalue weighted by molar-refractivity contribution is 7.16. The molecule has 1 aliphatic carbocycles. The van der Waals surface area contributed by atoms with E-state index in [4.69, 9.17) is 11.0 Å². The molecule has 2 aliphatic rings. The van der Waals surface area contributed by atoms with Crippen molar-refractivity contribution in [2.24, 2.45) is 10.7 Å². The molecule has 1 fully saturated rings. The summed E-state index contributed by atoms with van der Waals surface area (Å²) in [6.45, 7) is 2.07. The second-order valence-corrected chi connectivity index (χ2v) is 7.66. The first-order chi connectivity index (χ1) is 11.1. The molecule has 2 N–H and O–H groups in total. The van der Waals surface area contributed by atoms with Crippen LogP contribution in [0.15, 0.2) is 29.3 Å². The molecule has 0 unspecified atom stereocenters. The summed E-state index contributed by atoms with van der Waals surface area (Å²) in [6, 6.07) is 10.7. The van der Waals surface area contributed by atoms with Crippen molar-refractivity contribution in [2.75, 3.05) is 0 Å². The molecule has 1 spiro atoms. The Morgan fingerprint density at radius 1 is 1.22 bits per heavy atom. The third kappa shape index (κ3) is 2.11. The van der Waals surface area contributed by atoms with Crippen LogP contribution in [0.1, 0.15) is 48.1 Å². The third-order valence-corrected chi connectivity index (χ3v) is 6.43. The molecule has 1 aromatic heterocycles. The van der Waals surface area contributed by atoms with E-state index < -0.39 is 0 Å². The Kier molecular flexibility index (Phi) is 3.28. The van der Waals surface area contributed by atoms with Crippen LogP contribution >= 0.6 is 11.3 Å². The van der Waals surface area contributed by atoms with E-state index in [0.29, 0.717) is 0 Å². The van der Waals surface area contributed by atoms with Crippen LogP contribution in [0, 0.1) is 18.3 Å². The number of nitrogens with two attached hydrogens (primary N) is 1. The summed E-state index contributed by atoms with van der Waals surface area (Å²) in [6.07, 6.45) is 5.93. The van der Waals surface area contributed by atoms with E-state index in [-0.39, 0.29) is 5.41 Å². The molecule has 1 aliphatic heterocycles. The molecular formula is C19H19N3S. The number of aliphatic imine (C=N–C) groups is 1. The first-order valence-electron chi connectivity index (χ1n) is 8.14. The van der Waals surface area contributed by atoms with E-state index in [1.165, 1.54) is 35.3 Å². The summed E-state index contributed by atoms with van der Waals surface area (Å²) in [5.74, 6) is 0.796. The second-order valence-electron chi connectivity index (χ2n) is 6.61. The van der Waals surface area contributed by atoms with Gasteiger partial charge in [-0.25, -0.2) is 4.99 Å². The van der Waals surface area contributed by atoms with Gasteiger partial charge in [-0.1, -0.05) is 25.3 Å². The number of nitrogens with zero attached hydrogens (tertiary/aromatic N) is 2. The highest BCUT2D eigenvalue weighted by atomic mass is 32.1. The standard InChI is InChI=1S/C19H19N3S/c1-12-9-14(11-20)23-17(12)13-5-6-16-15(10-13)19(18(21)22-16)7-3-2-4-8-19/h5-6,9-10H,2-4,7-8H2,1H3,(H2,21,22). The number of hydrogen-bond donors (Lipinski definition) is 1. The van der Waals surface area contributed by atoms with Crippen LogP contribution in [0.4, 0.5) is 5.69 Å². The van der Waals surface area contributed by atoms with Gasteiger partial charge in [-0.3, -0.25) is 0 Å². The van der Waals surface area contributed by atoms with Crippen LogP contribution in [0.25, 0.3) is 10.4 Å². The summed E-state index contributed by atoms with van der Waals surface area (Å²) in [5, 5.41) is 9.14. The third-order valence-electron chi connectivity index (χ3n) is 5.24. The molecule has 23 heavy (non-hydrogen) atoms. The first-order valence-corrected chi connectivity index (χ1v) is 8.96. The number of rotatable bonds is 1. The van der Waals surface area contributed by atoms with Crippen LogP contribution in [0.3, 0.4) is 0 Å². The predicted molar refractivity (Wildman–Crippen MR) is 95.3 cm³/mol. The van der Waals surface area contributed by atoms with Crippen molar-refractivity contribution in [2.45, 2.75) is 44.4 Å². The van der Waals surface area contributed by atoms with Gasteiger partial charge in [0, 0.05) is 4.88 Å². The average Bonchev–Trinajstić information content (AvgIpc) is 3.07. The molecule has 4 rings (SSSR count). The number of fused-ring (bicyclic) bond motifs is 2. The lowest BCUT2D eigenvalue weighted by atomic mass is 9.69. The zero-order valence-corrected chi connectivity index (χ0v) is 14.0. The summed E-state index contributed by atoms with van der Waals surface area (Å²) >= 11 is 1.56. The Labute approximate surface area is 140 Å². The molecule has 1 saturated carbocycles. The van der Waals surface area contributed by atoms with Crippen LogP contribution in [0.5, 0.6) is 0 Å². The van der Waals surface area contributed by atoms with Crippen molar-refractivity contribution < 1.29 is 0 Å². The molecule has 0 amide bonds. The molecule has 1 aromatic carbocycles. The summed E-state index contributed by atoms with van der Waals surface area (Å²) in [7, 11) is 0. The van der Waals surface area contributed by atoms with Crippen molar-refractivity contribution in [3.05, 3.63) is 40.3 Å². The second kappa shape index (κ2) is 5.21. The highest BCUT2D eigenvalue weighted by Crippen LogP contribution is 2.49. The van der Waals surface area contributed by atoms with E-state index in [9.17, 15) is 0 Å². The lowest BCUT2D eigenvalue weighted by Gasteiger charge is -2.34. The maximum atomic E-state index is 9.14. The fraction of sp³-hybridized carbons (Fsp3) is 0.368. The van der Waals surface area contributed by atoms with Crippen LogP contribution in [-0.4, -0.2) is 5.84 Å². The van der Waals surface area contributed by atoms with Gasteiger partial charge in [0.15, 0.2) is 0 Å². The first kappa shape index (κ1) is 14.5. The predicted octanol–water partition coefficient (Wildman–Crippen LogP) is 4.80. The molecule has 116 valence electrons. The van der Waals surface area contributed by atoms with Gasteiger partial charge in [0.05, 0.1) is 11.1 Å². The van der Waals surface area contributed by atoms with E-state index in [2.05, 4.69) is 36.2 Å². The normalized spacial score (nSPS) is 18.5. The summed E-state index contributed by atoms with van der Waals surface area (Å²) in [5.41, 5.74) is 11.0. The van der Waals surface area contributed by atoms with E-state index >= 15 is 0 Å². The monoisotopic (exact) mass is 321 g/mol. The summed E-state index contributed by atoms with van der Waals surface area (Å²) < 4.78 is 0. The van der Waals surface area contributed by atoms with Gasteiger partial charge < -0.3 is 5.73 Å². The van der Waals surface area contributed by atoms with Gasteiger partial charge >= 0.3 is 0 Å². The number of thiophene rings is 1. The lowest BCUT2D eigenvalue weighted by molar-refractivity contribution is 0.384. The van der Waals surface area contributed by atoms with Crippen molar-refractivity contribution in [3.63, 3.8) is 0 Å². The fourth-order valence-corrected chi connectivity index (χ4v) is 5.00. The number of benzene rings is 1. The Bertz CT molecular complexity index is 848. The average molecular weight is 321 g/mol. The molecule has 2 heterocycles. The van der Waals surface area contributed by atoms with Gasteiger partial charge in [-0.15, -0.1) is 11.3 Å². The number of hydrogen-bond acceptors (Lipinski definition) is 4. The molecule has 2 aromatic rings. The maximum absolute atomic E-state index is 9.14. The SMILES string of the molecule is Cc1cc(C#N)sc1-c1ccc2c(c1)C1(CCCCC1)C(N)=N2. The summed E-state index contributed by atoms with van der Waals surface area (Å²) in [4.78, 5) is 6.60. The van der Waals surface area contributed by atoms with Crippen LogP contribution < -0.4 is 5.73 Å². The molecule has 0 bridgehead atoms. The van der Waals surface area contributed by atoms with Crippen molar-refractivity contribution >= 4 is 22.9 Å². The highest BCUT2D eigenvalue weighted by Gasteiger charge is 2.43. The fourth-order valence-electron chi connectivity index (χ4n) is 4.04. The number of nitriles is 1. The van der Waals surface area contributed by atoms with Gasteiger partial charge in [-0.05, 0) is 54.7 Å². The van der Waals surface area contributed by atoms with Crippen LogP contribution in [-0.2, 0) is 5.41 Å². The molecule has 0 atom stereocenters. The number of amidine groups is 1. The van der Waals surface area contributed by atoms with E-state index in [1.54, 1.807) is 11.3 Å². The smallest absolute Gasteiger partial charge is 0.110 e. The molecule has 3 nitrogen and oxygen atoms in total. The Morgan fingerprint density at radius 3 is 2.70 bits per heavy atom. The Morgan fingerprint density at radius 2 is 2.00 bits per heavy atom. The quantitative estimate of drug-likeness (QED) is 0.820. The van der Waals surface area contributed by atoms with E-state index in [1.807, 2.05) is 6.07 Å². The van der Waals surface area contributed by atoms with Crippen molar-refractivity contribution in [3.8, 4) is 16.5 Å². The van der Waals surface area contributed by atoms with Crippen molar-refractivity contribution in [1.82, 2.24) is 0 Å². The zero-order valence-electron chi connectivity index (χ0n) is 13.2. The minimum absolute atomic E-state index is 0.0488. The van der Waals surface area contributed by atoms with Crippen molar-refractivity contribution in [1.29, 1.82) is 5.26 Å². The topological polar surface area (TPSA) is 62.2 Å². The molecular weight excluding hydrogens is 302 g/mol.